The Balaban J connectivity index is 0.000000142. The molecule has 9 aromatic rings. The van der Waals surface area contributed by atoms with Crippen molar-refractivity contribution < 1.29 is 14.6 Å². The minimum absolute atomic E-state index is 0.0277. The summed E-state index contributed by atoms with van der Waals surface area (Å²) in [4.78, 5) is 16.2. The van der Waals surface area contributed by atoms with Crippen LogP contribution in [0.5, 0.6) is 11.5 Å². The molecule has 5 aromatic heterocycles. The van der Waals surface area contributed by atoms with E-state index in [1.54, 1.807) is 6.07 Å². The lowest BCUT2D eigenvalue weighted by Crippen LogP contribution is -1.83. The fourth-order valence-electron chi connectivity index (χ4n) is 5.47. The molecule has 0 radical (unpaired) electrons. The highest BCUT2D eigenvalue weighted by Crippen LogP contribution is 2.37. The highest BCUT2D eigenvalue weighted by atomic mass is 19.1. The second kappa shape index (κ2) is 11.4. The number of H-pyrrole nitrogens is 5. The van der Waals surface area contributed by atoms with Gasteiger partial charge < -0.3 is 20.9 Å². The zero-order valence-corrected chi connectivity index (χ0v) is 25.1. The molecule has 0 saturated heterocycles. The largest absolute Gasteiger partial charge is 0.504 e. The average Bonchev–Trinajstić information content (AvgIpc) is 3.95. The highest BCUT2D eigenvalue weighted by Gasteiger charge is 2.20. The van der Waals surface area contributed by atoms with Crippen LogP contribution in [-0.4, -0.2) is 60.7 Å². The number of aromatic nitrogens is 10. The van der Waals surface area contributed by atoms with Crippen LogP contribution in [0.4, 0.5) is 10.2 Å². The van der Waals surface area contributed by atoms with Gasteiger partial charge in [-0.1, -0.05) is 60.7 Å². The van der Waals surface area contributed by atoms with Crippen molar-refractivity contribution in [2.24, 2.45) is 0 Å². The van der Waals surface area contributed by atoms with E-state index in [2.05, 4.69) is 50.5 Å². The second-order valence-corrected chi connectivity index (χ2v) is 11.0. The van der Waals surface area contributed by atoms with Gasteiger partial charge in [0.15, 0.2) is 23.1 Å². The molecule has 0 aliphatic rings. The normalized spacial score (nSPS) is 11.2. The molecule has 9 rings (SSSR count). The smallest absolute Gasteiger partial charge is 0.182 e. The van der Waals surface area contributed by atoms with Crippen LogP contribution in [0.15, 0.2) is 84.9 Å². The Labute approximate surface area is 274 Å². The quantitative estimate of drug-likeness (QED) is 0.109. The van der Waals surface area contributed by atoms with Gasteiger partial charge >= 0.3 is 0 Å². The standard InChI is InChI=1S/C17H10FN5O.C17H13N7O/c18-11-7-13-12(6-10(11)8-19)20-17(21-13)15-16(24)14(22-23-15)9-4-2-1-3-5-9;18-16-9-6-11-12(7-10(9)21-24-16)20-17(19-11)14-15(25)13(22-23-14)8-4-2-1-3-5-8/h1-7,24H,(H,20,21)(H,22,23);1-7,21,24-25H,18H2,(H,22,23). The molecule has 15 heteroatoms. The number of hydrogen-bond donors (Lipinski definition) is 8. The molecule has 0 aliphatic heterocycles. The molecule has 5 heterocycles. The molecular formula is C34H23FN12O2. The maximum absolute atomic E-state index is 13.7. The number of hydrogen-bond acceptors (Lipinski definition) is 9. The monoisotopic (exact) mass is 650 g/mol. The van der Waals surface area contributed by atoms with Crippen molar-refractivity contribution in [2.75, 3.05) is 5.73 Å². The second-order valence-electron chi connectivity index (χ2n) is 11.0. The van der Waals surface area contributed by atoms with Crippen molar-refractivity contribution in [3.63, 3.8) is 0 Å². The molecule has 0 unspecified atom stereocenters. The molecule has 4 aromatic carbocycles. The summed E-state index contributed by atoms with van der Waals surface area (Å²) in [7, 11) is 0. The van der Waals surface area contributed by atoms with Gasteiger partial charge in [0.25, 0.3) is 0 Å². The van der Waals surface area contributed by atoms with E-state index in [0.717, 1.165) is 22.0 Å². The van der Waals surface area contributed by atoms with Crippen molar-refractivity contribution in [3.05, 3.63) is 96.3 Å². The van der Waals surface area contributed by atoms with Crippen LogP contribution in [0, 0.1) is 17.1 Å². The molecule has 0 atom stereocenters. The Morgan fingerprint density at radius 3 is 1.96 bits per heavy atom. The number of nitrogens with one attached hydrogen (secondary N) is 5. The molecule has 0 fully saturated rings. The molecule has 0 bridgehead atoms. The third-order valence-corrected chi connectivity index (χ3v) is 7.92. The molecule has 49 heavy (non-hydrogen) atoms. The van der Waals surface area contributed by atoms with E-state index in [1.165, 1.54) is 12.1 Å². The number of nitriles is 1. The first-order chi connectivity index (χ1) is 23.9. The summed E-state index contributed by atoms with van der Waals surface area (Å²) in [5.41, 5.74) is 12.0. The van der Waals surface area contributed by atoms with E-state index >= 15 is 0 Å². The Kier molecular flexibility index (Phi) is 6.74. The zero-order valence-electron chi connectivity index (χ0n) is 25.1. The van der Waals surface area contributed by atoms with Gasteiger partial charge in [-0.05, 0) is 18.2 Å². The summed E-state index contributed by atoms with van der Waals surface area (Å²) >= 11 is 0. The number of aromatic hydroxyl groups is 2. The number of aromatic amines is 5. The number of rotatable bonds is 4. The van der Waals surface area contributed by atoms with Gasteiger partial charge in [0, 0.05) is 22.6 Å². The summed E-state index contributed by atoms with van der Waals surface area (Å²) in [6.07, 6.45) is 0. The number of nitrogens with two attached hydrogens (primary N) is 1. The van der Waals surface area contributed by atoms with E-state index in [9.17, 15) is 14.6 Å². The molecule has 14 nitrogen and oxygen atoms in total. The van der Waals surface area contributed by atoms with Crippen molar-refractivity contribution in [1.82, 2.24) is 50.5 Å². The summed E-state index contributed by atoms with van der Waals surface area (Å²) in [5.74, 6) is 0.585. The van der Waals surface area contributed by atoms with E-state index in [0.29, 0.717) is 62.3 Å². The SMILES string of the molecule is N#Cc1cc2nc(-c3[nH]nc(-c4ccccc4)c3O)[nH]c2cc1F.Nc1[nH][nH]c2cc3nc(-c4[nH]nc(-c5ccccc5)c4O)nc3cc12. The summed E-state index contributed by atoms with van der Waals surface area (Å²) in [6.45, 7) is 0. The lowest BCUT2D eigenvalue weighted by atomic mass is 10.1. The van der Waals surface area contributed by atoms with Crippen LogP contribution in [0.25, 0.3) is 78.5 Å². The zero-order chi connectivity index (χ0) is 33.6. The van der Waals surface area contributed by atoms with Crippen LogP contribution in [0.3, 0.4) is 0 Å². The fourth-order valence-corrected chi connectivity index (χ4v) is 5.47. The number of imidazole rings is 2. The van der Waals surface area contributed by atoms with Gasteiger partial charge in [-0.3, -0.25) is 20.4 Å². The third kappa shape index (κ3) is 5.02. The van der Waals surface area contributed by atoms with Crippen LogP contribution in [0.2, 0.25) is 0 Å². The minimum atomic E-state index is -0.626. The lowest BCUT2D eigenvalue weighted by molar-refractivity contribution is 0.478. The number of halogens is 1. The number of nitrogens with zero attached hydrogens (tertiary/aromatic N) is 6. The van der Waals surface area contributed by atoms with E-state index < -0.39 is 5.82 Å². The van der Waals surface area contributed by atoms with E-state index in [1.807, 2.05) is 72.8 Å². The summed E-state index contributed by atoms with van der Waals surface area (Å²) < 4.78 is 13.7. The topological polar surface area (TPSA) is 234 Å². The number of anilines is 1. The fraction of sp³-hybridized carbons (Fsp3) is 0. The lowest BCUT2D eigenvalue weighted by Gasteiger charge is -1.97. The van der Waals surface area contributed by atoms with Gasteiger partial charge in [0.05, 0.1) is 33.1 Å². The van der Waals surface area contributed by atoms with Crippen molar-refractivity contribution in [2.45, 2.75) is 0 Å². The molecular weight excluding hydrogens is 627 g/mol. The predicted molar refractivity (Wildman–Crippen MR) is 180 cm³/mol. The van der Waals surface area contributed by atoms with E-state index in [4.69, 9.17) is 11.0 Å². The molecule has 9 N–H and O–H groups in total. The van der Waals surface area contributed by atoms with E-state index in [-0.39, 0.29) is 17.1 Å². The van der Waals surface area contributed by atoms with Crippen LogP contribution in [0.1, 0.15) is 5.56 Å². The van der Waals surface area contributed by atoms with Gasteiger partial charge in [-0.15, -0.1) is 0 Å². The van der Waals surface area contributed by atoms with Crippen molar-refractivity contribution in [1.29, 1.82) is 5.26 Å². The maximum Gasteiger partial charge on any atom is 0.182 e. The van der Waals surface area contributed by atoms with Crippen LogP contribution < -0.4 is 5.73 Å². The Morgan fingerprint density at radius 1 is 0.694 bits per heavy atom. The Bertz CT molecular complexity index is 2680. The first-order valence-corrected chi connectivity index (χ1v) is 14.8. The third-order valence-electron chi connectivity index (χ3n) is 7.92. The highest BCUT2D eigenvalue weighted by molar-refractivity contribution is 5.99. The molecule has 0 saturated carbocycles. The van der Waals surface area contributed by atoms with Gasteiger partial charge in [-0.25, -0.2) is 19.3 Å². The molecule has 0 aliphatic carbocycles. The first kappa shape index (κ1) is 29.0. The Morgan fingerprint density at radius 2 is 1.31 bits per heavy atom. The van der Waals surface area contributed by atoms with Crippen LogP contribution >= 0.6 is 0 Å². The number of nitrogen functional groups attached to an aromatic ring is 1. The Hall–Kier alpha value is -7.47. The molecule has 0 amide bonds. The molecule has 238 valence electrons. The predicted octanol–water partition coefficient (Wildman–Crippen LogP) is 6.12. The van der Waals surface area contributed by atoms with Gasteiger partial charge in [-0.2, -0.15) is 15.5 Å². The van der Waals surface area contributed by atoms with Crippen LogP contribution in [-0.2, 0) is 0 Å². The van der Waals surface area contributed by atoms with Gasteiger partial charge in [0.1, 0.15) is 40.5 Å². The van der Waals surface area contributed by atoms with Gasteiger partial charge in [0.2, 0.25) is 0 Å². The number of benzene rings is 4. The minimum Gasteiger partial charge on any atom is -0.504 e. The maximum atomic E-state index is 13.7. The van der Waals surface area contributed by atoms with Crippen molar-refractivity contribution >= 4 is 38.8 Å². The summed E-state index contributed by atoms with van der Waals surface area (Å²) in [5, 5.41) is 50.5. The number of fused-ring (bicyclic) bond motifs is 3. The first-order valence-electron chi connectivity index (χ1n) is 14.8. The summed E-state index contributed by atoms with van der Waals surface area (Å²) in [6, 6.07) is 26.7. The van der Waals surface area contributed by atoms with Crippen molar-refractivity contribution in [3.8, 4) is 63.1 Å². The molecule has 0 spiro atoms. The average molecular weight is 651 g/mol.